The van der Waals surface area contributed by atoms with Gasteiger partial charge in [-0.25, -0.2) is 8.42 Å². The number of hydrogen-bond donors (Lipinski definition) is 2. The molecule has 2 aromatic rings. The number of piperidine rings is 1. The van der Waals surface area contributed by atoms with Gasteiger partial charge < -0.3 is 10.2 Å². The Labute approximate surface area is 196 Å². The van der Waals surface area contributed by atoms with Gasteiger partial charge in [-0.05, 0) is 61.6 Å². The van der Waals surface area contributed by atoms with Gasteiger partial charge in [0.2, 0.25) is 5.91 Å². The minimum Gasteiger partial charge on any atom is -0.352 e. The molecular weight excluding hydrogens is 438 g/mol. The quantitative estimate of drug-likeness (QED) is 0.579. The molecule has 1 fully saturated rings. The van der Waals surface area contributed by atoms with Crippen LogP contribution in [0.2, 0.25) is 0 Å². The van der Waals surface area contributed by atoms with Crippen LogP contribution >= 0.6 is 0 Å². The van der Waals surface area contributed by atoms with E-state index in [4.69, 9.17) is 0 Å². The maximum absolute atomic E-state index is 13.1. The van der Waals surface area contributed by atoms with Crippen molar-refractivity contribution >= 4 is 27.5 Å². The molecule has 0 aromatic heterocycles. The van der Waals surface area contributed by atoms with E-state index in [1.54, 1.807) is 36.1 Å². The summed E-state index contributed by atoms with van der Waals surface area (Å²) in [5, 5.41) is 2.94. The van der Waals surface area contributed by atoms with Crippen molar-refractivity contribution < 1.29 is 18.0 Å². The fraction of sp³-hybridized carbons (Fsp3) is 0.440. The van der Waals surface area contributed by atoms with Crippen molar-refractivity contribution in [2.75, 3.05) is 17.8 Å². The molecule has 0 aliphatic carbocycles. The van der Waals surface area contributed by atoms with Crippen LogP contribution in [0.1, 0.15) is 61.9 Å². The highest BCUT2D eigenvalue weighted by atomic mass is 32.2. The number of benzene rings is 2. The molecule has 3 rings (SSSR count). The van der Waals surface area contributed by atoms with Crippen LogP contribution in [-0.2, 0) is 21.2 Å². The first-order chi connectivity index (χ1) is 15.8. The Balaban J connectivity index is 1.70. The average molecular weight is 472 g/mol. The lowest BCUT2D eigenvalue weighted by Crippen LogP contribution is -2.49. The summed E-state index contributed by atoms with van der Waals surface area (Å²) in [5.41, 5.74) is 1.97. The number of anilines is 1. The second kappa shape index (κ2) is 11.3. The number of amides is 2. The zero-order chi connectivity index (χ0) is 23.8. The Hall–Kier alpha value is -2.87. The van der Waals surface area contributed by atoms with Crippen LogP contribution in [0.25, 0.3) is 0 Å². The SMILES string of the molecule is CCCCc1ccc(NS(=O)(=O)c2cccc(C(=O)N3CCCC(NC(=O)CC)C3)c2)cc1. The molecule has 178 valence electrons. The molecule has 1 heterocycles. The van der Waals surface area contributed by atoms with Gasteiger partial charge in [0.15, 0.2) is 0 Å². The van der Waals surface area contributed by atoms with E-state index in [1.165, 1.54) is 17.7 Å². The van der Waals surface area contributed by atoms with E-state index in [0.29, 0.717) is 30.8 Å². The van der Waals surface area contributed by atoms with Gasteiger partial charge in [-0.1, -0.05) is 38.5 Å². The van der Waals surface area contributed by atoms with Crippen LogP contribution in [-0.4, -0.2) is 44.3 Å². The number of sulfonamides is 1. The summed E-state index contributed by atoms with van der Waals surface area (Å²) >= 11 is 0. The predicted molar refractivity (Wildman–Crippen MR) is 130 cm³/mol. The van der Waals surface area contributed by atoms with Crippen LogP contribution in [0.4, 0.5) is 5.69 Å². The number of carbonyl (C=O) groups is 2. The zero-order valence-electron chi connectivity index (χ0n) is 19.3. The van der Waals surface area contributed by atoms with E-state index in [0.717, 1.165) is 32.1 Å². The molecule has 0 bridgehead atoms. The Kier molecular flexibility index (Phi) is 8.49. The normalized spacial score (nSPS) is 16.3. The third kappa shape index (κ3) is 6.81. The molecule has 2 amide bonds. The van der Waals surface area contributed by atoms with Crippen molar-refractivity contribution in [3.8, 4) is 0 Å². The van der Waals surface area contributed by atoms with Crippen molar-refractivity contribution in [3.63, 3.8) is 0 Å². The smallest absolute Gasteiger partial charge is 0.261 e. The van der Waals surface area contributed by atoms with E-state index < -0.39 is 10.0 Å². The lowest BCUT2D eigenvalue weighted by molar-refractivity contribution is -0.121. The molecule has 7 nitrogen and oxygen atoms in total. The van der Waals surface area contributed by atoms with Crippen LogP contribution in [0.3, 0.4) is 0 Å². The monoisotopic (exact) mass is 471 g/mol. The first-order valence-electron chi connectivity index (χ1n) is 11.6. The van der Waals surface area contributed by atoms with Crippen molar-refractivity contribution in [1.82, 2.24) is 10.2 Å². The van der Waals surface area contributed by atoms with Crippen LogP contribution in [0.5, 0.6) is 0 Å². The second-order valence-electron chi connectivity index (χ2n) is 8.45. The first-order valence-corrected chi connectivity index (χ1v) is 13.1. The van der Waals surface area contributed by atoms with Gasteiger partial charge in [-0.3, -0.25) is 14.3 Å². The number of nitrogens with one attached hydrogen (secondary N) is 2. The summed E-state index contributed by atoms with van der Waals surface area (Å²) in [6.07, 6.45) is 5.18. The van der Waals surface area contributed by atoms with Gasteiger partial charge in [0.05, 0.1) is 4.90 Å². The highest BCUT2D eigenvalue weighted by Gasteiger charge is 2.26. The van der Waals surface area contributed by atoms with Gasteiger partial charge in [-0.2, -0.15) is 0 Å². The van der Waals surface area contributed by atoms with E-state index >= 15 is 0 Å². The first kappa shape index (κ1) is 24.8. The lowest BCUT2D eigenvalue weighted by atomic mass is 10.0. The number of unbranched alkanes of at least 4 members (excludes halogenated alkanes) is 1. The molecule has 2 N–H and O–H groups in total. The lowest BCUT2D eigenvalue weighted by Gasteiger charge is -2.33. The largest absolute Gasteiger partial charge is 0.352 e. The van der Waals surface area contributed by atoms with Crippen LogP contribution in [0, 0.1) is 0 Å². The van der Waals surface area contributed by atoms with Crippen molar-refractivity contribution in [1.29, 1.82) is 0 Å². The minimum atomic E-state index is -3.84. The van der Waals surface area contributed by atoms with Crippen LogP contribution in [0.15, 0.2) is 53.4 Å². The van der Waals surface area contributed by atoms with Crippen LogP contribution < -0.4 is 10.0 Å². The predicted octanol–water partition coefficient (Wildman–Crippen LogP) is 3.96. The fourth-order valence-corrected chi connectivity index (χ4v) is 5.03. The molecule has 1 saturated heterocycles. The van der Waals surface area contributed by atoms with Gasteiger partial charge in [0.25, 0.3) is 15.9 Å². The summed E-state index contributed by atoms with van der Waals surface area (Å²) in [4.78, 5) is 26.5. The van der Waals surface area contributed by atoms with Gasteiger partial charge >= 0.3 is 0 Å². The highest BCUT2D eigenvalue weighted by Crippen LogP contribution is 2.20. The summed E-state index contributed by atoms with van der Waals surface area (Å²) in [7, 11) is -3.84. The number of nitrogens with zero attached hydrogens (tertiary/aromatic N) is 1. The van der Waals surface area contributed by atoms with Crippen molar-refractivity contribution in [2.45, 2.75) is 63.3 Å². The maximum atomic E-state index is 13.1. The molecule has 0 spiro atoms. The molecule has 0 saturated carbocycles. The number of aryl methyl sites for hydroxylation is 1. The van der Waals surface area contributed by atoms with E-state index in [1.807, 2.05) is 12.1 Å². The number of hydrogen-bond acceptors (Lipinski definition) is 4. The maximum Gasteiger partial charge on any atom is 0.261 e. The topological polar surface area (TPSA) is 95.6 Å². The van der Waals surface area contributed by atoms with Gasteiger partial charge in [0, 0.05) is 36.8 Å². The molecule has 2 aromatic carbocycles. The third-order valence-corrected chi connectivity index (χ3v) is 7.19. The third-order valence-electron chi connectivity index (χ3n) is 5.81. The van der Waals surface area contributed by atoms with E-state index in [9.17, 15) is 18.0 Å². The minimum absolute atomic E-state index is 0.0353. The molecule has 33 heavy (non-hydrogen) atoms. The number of likely N-dealkylation sites (tertiary alicyclic amines) is 1. The van der Waals surface area contributed by atoms with Crippen molar-refractivity contribution in [3.05, 3.63) is 59.7 Å². The Bertz CT molecular complexity index is 1070. The van der Waals surface area contributed by atoms with Gasteiger partial charge in [-0.15, -0.1) is 0 Å². The summed E-state index contributed by atoms with van der Waals surface area (Å²) in [6, 6.07) is 13.4. The Morgan fingerprint density at radius 1 is 1.09 bits per heavy atom. The Morgan fingerprint density at radius 3 is 2.55 bits per heavy atom. The molecule has 1 aliphatic heterocycles. The summed E-state index contributed by atoms with van der Waals surface area (Å²) < 4.78 is 28.5. The van der Waals surface area contributed by atoms with E-state index in [2.05, 4.69) is 17.0 Å². The van der Waals surface area contributed by atoms with E-state index in [-0.39, 0.29) is 22.8 Å². The van der Waals surface area contributed by atoms with Crippen molar-refractivity contribution in [2.24, 2.45) is 0 Å². The molecule has 1 unspecified atom stereocenters. The number of carbonyl (C=O) groups excluding carboxylic acids is 2. The molecule has 1 aliphatic rings. The molecule has 8 heteroatoms. The summed E-state index contributed by atoms with van der Waals surface area (Å²) in [5.74, 6) is -0.269. The zero-order valence-corrected chi connectivity index (χ0v) is 20.2. The second-order valence-corrected chi connectivity index (χ2v) is 10.1. The van der Waals surface area contributed by atoms with Gasteiger partial charge in [0.1, 0.15) is 0 Å². The Morgan fingerprint density at radius 2 is 1.85 bits per heavy atom. The summed E-state index contributed by atoms with van der Waals surface area (Å²) in [6.45, 7) is 4.93. The molecule has 1 atom stereocenters. The number of rotatable bonds is 9. The average Bonchev–Trinajstić information content (AvgIpc) is 2.83. The molecule has 0 radical (unpaired) electrons. The molecular formula is C25H33N3O4S. The highest BCUT2D eigenvalue weighted by molar-refractivity contribution is 7.92. The fourth-order valence-electron chi connectivity index (χ4n) is 3.92. The standard InChI is InChI=1S/C25H33N3O4S/c1-3-5-8-19-12-14-21(15-13-19)27-33(31,32)23-11-6-9-20(17-23)25(30)28-16-7-10-22(18-28)26-24(29)4-2/h6,9,11-15,17,22,27H,3-5,7-8,10,16,18H2,1-2H3,(H,26,29).